The zero-order valence-electron chi connectivity index (χ0n) is 49.6. The van der Waals surface area contributed by atoms with Gasteiger partial charge in [-0.1, -0.05) is 102 Å². The summed E-state index contributed by atoms with van der Waals surface area (Å²) in [6.45, 7) is 11.8. The molecule has 3 fully saturated rings. The number of aliphatic hydroxyl groups excluding tert-OH is 1. The minimum absolute atomic E-state index is 0.0159. The number of nitrogens with zero attached hydrogens (tertiary/aromatic N) is 3. The largest absolute Gasteiger partial charge is 0.481 e. The van der Waals surface area contributed by atoms with E-state index in [9.17, 15) is 63.0 Å². The first kappa shape index (κ1) is 67.6. The van der Waals surface area contributed by atoms with Crippen LogP contribution in [0.4, 0.5) is 0 Å². The molecule has 0 saturated carbocycles. The van der Waals surface area contributed by atoms with Gasteiger partial charge in [-0.3, -0.25) is 57.7 Å². The number of carbonyl (C=O) groups excluding carboxylic acids is 10. The molecule has 0 unspecified atom stereocenters. The quantitative estimate of drug-likeness (QED) is 0.0545. The third-order valence-corrected chi connectivity index (χ3v) is 15.1. The number of carboxylic acids is 1. The maximum Gasteiger partial charge on any atom is 0.305 e. The zero-order valence-corrected chi connectivity index (χ0v) is 49.6. The normalized spacial score (nSPS) is 26.2. The molecule has 0 aliphatic carbocycles. The van der Waals surface area contributed by atoms with Gasteiger partial charge >= 0.3 is 5.97 Å². The molecule has 3 saturated heterocycles. The van der Waals surface area contributed by atoms with Crippen LogP contribution in [-0.2, 0) is 65.6 Å². The van der Waals surface area contributed by atoms with Gasteiger partial charge in [-0.25, -0.2) is 0 Å². The van der Waals surface area contributed by atoms with Crippen molar-refractivity contribution in [2.24, 2.45) is 34.2 Å². The summed E-state index contributed by atoms with van der Waals surface area (Å²) in [6, 6.07) is 3.13. The number of guanidine groups is 1. The number of hydrogen-bond donors (Lipinski definition) is 12. The van der Waals surface area contributed by atoms with E-state index in [1.807, 2.05) is 13.8 Å². The summed E-state index contributed by atoms with van der Waals surface area (Å²) in [6.07, 6.45) is -1.78. The second-order valence-corrected chi connectivity index (χ2v) is 23.4. The smallest absolute Gasteiger partial charge is 0.305 e. The second-order valence-electron chi connectivity index (χ2n) is 23.4. The number of benzene rings is 2. The van der Waals surface area contributed by atoms with Gasteiger partial charge in [-0.05, 0) is 87.2 Å². The fourth-order valence-electron chi connectivity index (χ4n) is 10.7. The first-order valence-electron chi connectivity index (χ1n) is 29.3. The number of aliphatic carboxylic acids is 1. The van der Waals surface area contributed by atoms with E-state index >= 15 is 0 Å². The minimum Gasteiger partial charge on any atom is -0.481 e. The first-order valence-corrected chi connectivity index (χ1v) is 29.3. The molecule has 466 valence electrons. The molecule has 11 atom stereocenters. The van der Waals surface area contributed by atoms with Crippen molar-refractivity contribution >= 4 is 71.0 Å². The number of nitrogens with two attached hydrogens (primary N) is 2. The Hall–Kier alpha value is -8.16. The molecule has 0 bridgehead atoms. The molecule has 2 aromatic rings. The molecule has 3 heterocycles. The van der Waals surface area contributed by atoms with Gasteiger partial charge in [0.15, 0.2) is 5.96 Å². The lowest BCUT2D eigenvalue weighted by Crippen LogP contribution is -2.62. The van der Waals surface area contributed by atoms with Crippen molar-refractivity contribution in [3.05, 3.63) is 71.8 Å². The SMILES string of the molecule is CC(C)C[C@@H]1NC(=O)[C@H](CCCN=C(N)N)NC(=O)[C@H](C(C)C)NC(=O)[C@@H]2CCCN2C(=O)[C@H](CC(=O)O)NC(=O)[C@@H](Cc2ccccc2)NC(=O)[C@H](CC(C)C)NC(=O)[C@H]([C@@H](C)O)NC(=O)[C@@H]2CCCN2C(=O)[C@@H](Cc2ccccc2)NC1=O. The van der Waals surface area contributed by atoms with Crippen LogP contribution in [0.25, 0.3) is 0 Å². The first-order chi connectivity index (χ1) is 40.2. The van der Waals surface area contributed by atoms with Crippen molar-refractivity contribution < 1.29 is 63.0 Å². The van der Waals surface area contributed by atoms with Crippen LogP contribution in [0, 0.1) is 17.8 Å². The molecule has 3 aliphatic rings. The molecule has 0 aromatic heterocycles. The van der Waals surface area contributed by atoms with Crippen LogP contribution in [0.5, 0.6) is 0 Å². The van der Waals surface area contributed by atoms with Crippen molar-refractivity contribution in [1.29, 1.82) is 0 Å². The summed E-state index contributed by atoms with van der Waals surface area (Å²) in [5.74, 6) is -11.2. The summed E-state index contributed by atoms with van der Waals surface area (Å²) in [5, 5.41) is 42.7. The van der Waals surface area contributed by atoms with E-state index < -0.39 is 144 Å². The molecule has 26 nitrogen and oxygen atoms in total. The predicted molar refractivity (Wildman–Crippen MR) is 313 cm³/mol. The Bertz CT molecular complexity index is 2710. The van der Waals surface area contributed by atoms with Crippen LogP contribution in [0.1, 0.15) is 117 Å². The summed E-state index contributed by atoms with van der Waals surface area (Å²) >= 11 is 0. The molecule has 3 aliphatic heterocycles. The summed E-state index contributed by atoms with van der Waals surface area (Å²) < 4.78 is 0. The number of amides is 10. The van der Waals surface area contributed by atoms with Crippen LogP contribution < -0.4 is 54.0 Å². The van der Waals surface area contributed by atoms with E-state index in [2.05, 4.69) is 47.5 Å². The number of carbonyl (C=O) groups is 11. The molecule has 85 heavy (non-hydrogen) atoms. The monoisotopic (exact) mass is 1190 g/mol. The molecule has 26 heteroatoms. The standard InChI is InChI=1S/C59H87N13O13/c1-32(2)27-39-51(78)67-42(30-37-19-12-9-13-20-37)57(84)71-25-16-23-45(71)54(81)70-48(35(7)73)56(83)66-40(28-33(3)4)50(77)65-41(29-36-17-10-8-11-18-36)52(79)68-43(31-46(74)75)58(85)72-26-15-22-44(72)53(80)69-47(34(5)6)55(82)63-38(49(76)64-39)21-14-24-62-59(60)61/h8-13,17-20,32-35,38-45,47-48,73H,14-16,21-31H2,1-7H3,(H,63,82)(H,64,76)(H,65,77)(H,66,83)(H,67,78)(H,68,79)(H,69,80)(H,70,81)(H,74,75)(H4,60,61,62)/t35-,38+,39+,40+,41-,42-,43+,44+,45+,47+,48+/m1/s1. The van der Waals surface area contributed by atoms with Crippen molar-refractivity contribution in [2.45, 2.75) is 186 Å². The number of rotatable bonds is 16. The lowest BCUT2D eigenvalue weighted by atomic mass is 9.99. The Morgan fingerprint density at radius 2 is 0.929 bits per heavy atom. The Morgan fingerprint density at radius 3 is 1.40 bits per heavy atom. The van der Waals surface area contributed by atoms with Gasteiger partial charge in [-0.15, -0.1) is 0 Å². The lowest BCUT2D eigenvalue weighted by molar-refractivity contribution is -0.146. The van der Waals surface area contributed by atoms with Crippen LogP contribution in [-0.4, -0.2) is 177 Å². The minimum atomic E-state index is -1.78. The highest BCUT2D eigenvalue weighted by molar-refractivity contribution is 6.00. The maximum atomic E-state index is 14.9. The lowest BCUT2D eigenvalue weighted by Gasteiger charge is -2.32. The number of aliphatic imine (C=N–C) groups is 1. The average molecular weight is 1190 g/mol. The van der Waals surface area contributed by atoms with Gasteiger partial charge in [0, 0.05) is 32.5 Å². The zero-order chi connectivity index (χ0) is 62.7. The highest BCUT2D eigenvalue weighted by Gasteiger charge is 2.44. The molecule has 10 amide bonds. The Balaban J connectivity index is 1.60. The Kier molecular flexibility index (Phi) is 25.6. The van der Waals surface area contributed by atoms with E-state index in [0.29, 0.717) is 17.5 Å². The van der Waals surface area contributed by atoms with Gasteiger partial charge in [0.25, 0.3) is 0 Å². The maximum absolute atomic E-state index is 14.9. The van der Waals surface area contributed by atoms with Crippen LogP contribution in [0.2, 0.25) is 0 Å². The van der Waals surface area contributed by atoms with Gasteiger partial charge in [0.05, 0.1) is 12.5 Å². The van der Waals surface area contributed by atoms with E-state index in [0.717, 1.165) is 4.90 Å². The van der Waals surface area contributed by atoms with Crippen LogP contribution in [0.3, 0.4) is 0 Å². The number of hydrogen-bond acceptors (Lipinski definition) is 13. The van der Waals surface area contributed by atoms with Gasteiger partial charge in [0.1, 0.15) is 60.4 Å². The number of nitrogens with one attached hydrogen (secondary N) is 8. The molecule has 2 aromatic carbocycles. The van der Waals surface area contributed by atoms with Gasteiger partial charge in [-0.2, -0.15) is 0 Å². The van der Waals surface area contributed by atoms with E-state index in [4.69, 9.17) is 11.5 Å². The second kappa shape index (κ2) is 32.2. The predicted octanol–water partition coefficient (Wildman–Crippen LogP) is -0.997. The third-order valence-electron chi connectivity index (χ3n) is 15.1. The Labute approximate surface area is 495 Å². The number of carboxylic acid groups (broad SMARTS) is 1. The van der Waals surface area contributed by atoms with Crippen molar-refractivity contribution in [2.75, 3.05) is 19.6 Å². The molecular formula is C59H87N13O13. The molecular weight excluding hydrogens is 1100 g/mol. The van der Waals surface area contributed by atoms with Crippen molar-refractivity contribution in [1.82, 2.24) is 52.3 Å². The summed E-state index contributed by atoms with van der Waals surface area (Å²) in [7, 11) is 0. The molecule has 5 rings (SSSR count). The summed E-state index contributed by atoms with van der Waals surface area (Å²) in [4.78, 5) is 164. The van der Waals surface area contributed by atoms with Crippen molar-refractivity contribution in [3.63, 3.8) is 0 Å². The van der Waals surface area contributed by atoms with Gasteiger partial charge in [0.2, 0.25) is 59.1 Å². The van der Waals surface area contributed by atoms with Crippen LogP contribution >= 0.6 is 0 Å². The average Bonchev–Trinajstić information content (AvgIpc) is 3.51. The Morgan fingerprint density at radius 1 is 0.529 bits per heavy atom. The topological polar surface area (TPSA) is 395 Å². The highest BCUT2D eigenvalue weighted by atomic mass is 16.4. The fraction of sp³-hybridized carbons (Fsp3) is 0.593. The van der Waals surface area contributed by atoms with E-state index in [1.54, 1.807) is 88.4 Å². The van der Waals surface area contributed by atoms with Crippen molar-refractivity contribution in [3.8, 4) is 0 Å². The fourth-order valence-corrected chi connectivity index (χ4v) is 10.7. The molecule has 14 N–H and O–H groups in total. The highest BCUT2D eigenvalue weighted by Crippen LogP contribution is 2.23. The van der Waals surface area contributed by atoms with Crippen LogP contribution in [0.15, 0.2) is 65.7 Å². The molecule has 0 radical (unpaired) electrons. The summed E-state index contributed by atoms with van der Waals surface area (Å²) in [5.41, 5.74) is 12.3. The van der Waals surface area contributed by atoms with E-state index in [1.165, 1.54) is 11.8 Å². The third kappa shape index (κ3) is 20.3. The van der Waals surface area contributed by atoms with Gasteiger partial charge < -0.3 is 74.0 Å². The van der Waals surface area contributed by atoms with E-state index in [-0.39, 0.29) is 95.2 Å². The number of fused-ring (bicyclic) bond motifs is 2. The number of aliphatic hydroxyl groups is 1. The molecule has 0 spiro atoms.